The summed E-state index contributed by atoms with van der Waals surface area (Å²) >= 11 is 3.51. The van der Waals surface area contributed by atoms with Crippen LogP contribution >= 0.6 is 15.9 Å². The summed E-state index contributed by atoms with van der Waals surface area (Å²) in [6, 6.07) is 0.301. The summed E-state index contributed by atoms with van der Waals surface area (Å²) in [6.07, 6.45) is 0. The van der Waals surface area contributed by atoms with Gasteiger partial charge in [-0.15, -0.1) is 0 Å². The number of halogens is 1. The van der Waals surface area contributed by atoms with E-state index in [2.05, 4.69) is 44.6 Å². The minimum Gasteiger partial charge on any atom is -0.383 e. The van der Waals surface area contributed by atoms with E-state index in [0.717, 1.165) is 35.6 Å². The Labute approximate surface area is 122 Å². The first-order valence-electron chi connectivity index (χ1n) is 6.85. The van der Waals surface area contributed by atoms with Crippen molar-refractivity contribution in [3.05, 3.63) is 16.0 Å². The molecule has 2 bridgehead atoms. The van der Waals surface area contributed by atoms with Gasteiger partial charge in [0.15, 0.2) is 0 Å². The lowest BCUT2D eigenvalue weighted by Gasteiger charge is -2.46. The van der Waals surface area contributed by atoms with Crippen LogP contribution < -0.4 is 5.73 Å². The van der Waals surface area contributed by atoms with Gasteiger partial charge in [0.05, 0.1) is 16.2 Å². The highest BCUT2D eigenvalue weighted by Gasteiger charge is 2.35. The second-order valence-corrected chi connectivity index (χ2v) is 6.47. The van der Waals surface area contributed by atoms with Gasteiger partial charge in [0, 0.05) is 32.7 Å². The van der Waals surface area contributed by atoms with Crippen molar-refractivity contribution in [2.24, 2.45) is 0 Å². The Hall–Kier alpha value is -0.720. The molecule has 1 aromatic rings. The molecule has 0 spiro atoms. The molecule has 3 aliphatic heterocycles. The van der Waals surface area contributed by atoms with E-state index < -0.39 is 0 Å². The van der Waals surface area contributed by atoms with Crippen LogP contribution in [0.25, 0.3) is 0 Å². The Kier molecular flexibility index (Phi) is 3.49. The zero-order chi connectivity index (χ0) is 13.6. The van der Waals surface area contributed by atoms with Crippen LogP contribution in [0.3, 0.4) is 0 Å². The van der Waals surface area contributed by atoms with Gasteiger partial charge in [-0.25, -0.2) is 9.97 Å². The number of nitrogens with zero attached hydrogens (tertiary/aromatic N) is 4. The molecule has 3 aliphatic rings. The van der Waals surface area contributed by atoms with Gasteiger partial charge >= 0.3 is 0 Å². The van der Waals surface area contributed by atoms with E-state index in [-0.39, 0.29) is 0 Å². The molecule has 19 heavy (non-hydrogen) atoms. The van der Waals surface area contributed by atoms with Crippen LogP contribution in [-0.4, -0.2) is 52.5 Å². The molecule has 0 amide bonds. The van der Waals surface area contributed by atoms with Crippen molar-refractivity contribution >= 4 is 21.7 Å². The van der Waals surface area contributed by atoms with Crippen LogP contribution in [0.5, 0.6) is 0 Å². The van der Waals surface area contributed by atoms with E-state index in [0.29, 0.717) is 17.8 Å². The Morgan fingerprint density at radius 3 is 2.42 bits per heavy atom. The van der Waals surface area contributed by atoms with Crippen LogP contribution in [0.15, 0.2) is 4.47 Å². The van der Waals surface area contributed by atoms with Crippen LogP contribution in [0.4, 0.5) is 5.82 Å². The average Bonchev–Trinajstić information content (AvgIpc) is 2.42. The fraction of sp³-hybridized carbons (Fsp3) is 0.692. The predicted molar refractivity (Wildman–Crippen MR) is 79.0 cm³/mol. The van der Waals surface area contributed by atoms with E-state index >= 15 is 0 Å². The summed E-state index contributed by atoms with van der Waals surface area (Å²) in [5.41, 5.74) is 7.05. The highest BCUT2D eigenvalue weighted by molar-refractivity contribution is 9.10. The highest BCUT2D eigenvalue weighted by Crippen LogP contribution is 2.32. The Balaban J connectivity index is 1.97. The fourth-order valence-electron chi connectivity index (χ4n) is 2.90. The standard InChI is InChI=1S/C13H20BrN5/c1-8(2)11-10(14)12(15)17-13(16-11)9-7-18-3-5-19(9)6-4-18/h8-9H,3-7H2,1-2H3,(H2,15,16,17). The van der Waals surface area contributed by atoms with Gasteiger partial charge in [-0.05, 0) is 21.8 Å². The van der Waals surface area contributed by atoms with Gasteiger partial charge < -0.3 is 5.73 Å². The van der Waals surface area contributed by atoms with Crippen molar-refractivity contribution in [1.82, 2.24) is 19.8 Å². The van der Waals surface area contributed by atoms with Gasteiger partial charge in [-0.2, -0.15) is 0 Å². The molecule has 4 heterocycles. The maximum Gasteiger partial charge on any atom is 0.149 e. The maximum absolute atomic E-state index is 6.03. The largest absolute Gasteiger partial charge is 0.383 e. The first-order chi connectivity index (χ1) is 9.06. The summed E-state index contributed by atoms with van der Waals surface area (Å²) in [5, 5.41) is 0. The third-order valence-electron chi connectivity index (χ3n) is 4.04. The molecule has 3 fully saturated rings. The summed E-state index contributed by atoms with van der Waals surface area (Å²) < 4.78 is 0.850. The van der Waals surface area contributed by atoms with Crippen molar-refractivity contribution in [2.45, 2.75) is 25.8 Å². The molecule has 1 unspecified atom stereocenters. The predicted octanol–water partition coefficient (Wildman–Crippen LogP) is 1.62. The molecule has 0 aliphatic carbocycles. The first-order valence-corrected chi connectivity index (χ1v) is 7.64. The topological polar surface area (TPSA) is 58.3 Å². The van der Waals surface area contributed by atoms with Crippen LogP contribution in [0, 0.1) is 0 Å². The SMILES string of the molecule is CC(C)c1nc(C2CN3CCN2CC3)nc(N)c1Br. The quantitative estimate of drug-likeness (QED) is 0.895. The number of nitrogen functional groups attached to an aromatic ring is 1. The van der Waals surface area contributed by atoms with Gasteiger partial charge in [-0.1, -0.05) is 13.8 Å². The summed E-state index contributed by atoms with van der Waals surface area (Å²) in [5.74, 6) is 1.79. The number of hydrogen-bond acceptors (Lipinski definition) is 5. The fourth-order valence-corrected chi connectivity index (χ4v) is 3.53. The second-order valence-electron chi connectivity index (χ2n) is 5.67. The van der Waals surface area contributed by atoms with Crippen LogP contribution in [0.1, 0.15) is 37.3 Å². The van der Waals surface area contributed by atoms with Gasteiger partial charge in [-0.3, -0.25) is 9.80 Å². The van der Waals surface area contributed by atoms with E-state index in [1.807, 2.05) is 0 Å². The van der Waals surface area contributed by atoms with Crippen LogP contribution in [0.2, 0.25) is 0 Å². The third kappa shape index (κ3) is 2.37. The van der Waals surface area contributed by atoms with Crippen molar-refractivity contribution in [1.29, 1.82) is 0 Å². The molecule has 0 radical (unpaired) electrons. The molecule has 3 saturated heterocycles. The minimum absolute atomic E-state index is 0.301. The lowest BCUT2D eigenvalue weighted by Crippen LogP contribution is -2.57. The number of rotatable bonds is 2. The first kappa shape index (κ1) is 13.3. The van der Waals surface area contributed by atoms with Crippen molar-refractivity contribution in [3.8, 4) is 0 Å². The molecule has 0 aromatic carbocycles. The summed E-state index contributed by atoms with van der Waals surface area (Å²) in [6.45, 7) is 9.85. The third-order valence-corrected chi connectivity index (χ3v) is 4.86. The molecule has 104 valence electrons. The van der Waals surface area contributed by atoms with Gasteiger partial charge in [0.2, 0.25) is 0 Å². The number of hydrogen-bond donors (Lipinski definition) is 1. The van der Waals surface area contributed by atoms with E-state index in [1.54, 1.807) is 0 Å². The Bertz CT molecular complexity index is 482. The Morgan fingerprint density at radius 1 is 1.21 bits per heavy atom. The summed E-state index contributed by atoms with van der Waals surface area (Å²) in [7, 11) is 0. The van der Waals surface area contributed by atoms with E-state index in [1.165, 1.54) is 13.1 Å². The number of nitrogens with two attached hydrogens (primary N) is 1. The van der Waals surface area contributed by atoms with Crippen LogP contribution in [-0.2, 0) is 0 Å². The maximum atomic E-state index is 6.03. The summed E-state index contributed by atoms with van der Waals surface area (Å²) in [4.78, 5) is 14.2. The minimum atomic E-state index is 0.301. The number of aromatic nitrogens is 2. The van der Waals surface area contributed by atoms with E-state index in [9.17, 15) is 0 Å². The van der Waals surface area contributed by atoms with Crippen molar-refractivity contribution < 1.29 is 0 Å². The monoisotopic (exact) mass is 325 g/mol. The molecule has 2 N–H and O–H groups in total. The lowest BCUT2D eigenvalue weighted by atomic mass is 10.1. The van der Waals surface area contributed by atoms with Crippen molar-refractivity contribution in [2.75, 3.05) is 38.5 Å². The molecular weight excluding hydrogens is 306 g/mol. The molecule has 0 saturated carbocycles. The van der Waals surface area contributed by atoms with E-state index in [4.69, 9.17) is 10.7 Å². The number of piperazine rings is 3. The smallest absolute Gasteiger partial charge is 0.149 e. The zero-order valence-electron chi connectivity index (χ0n) is 11.4. The van der Waals surface area contributed by atoms with Gasteiger partial charge in [0.25, 0.3) is 0 Å². The van der Waals surface area contributed by atoms with Crippen molar-refractivity contribution in [3.63, 3.8) is 0 Å². The van der Waals surface area contributed by atoms with Gasteiger partial charge in [0.1, 0.15) is 11.6 Å². The molecule has 6 heteroatoms. The number of fused-ring (bicyclic) bond motifs is 3. The average molecular weight is 326 g/mol. The second kappa shape index (κ2) is 5.00. The number of anilines is 1. The Morgan fingerprint density at radius 2 is 1.89 bits per heavy atom. The normalized spacial score (nSPS) is 30.0. The lowest BCUT2D eigenvalue weighted by molar-refractivity contribution is 0.00859. The highest BCUT2D eigenvalue weighted by atomic mass is 79.9. The molecule has 5 nitrogen and oxygen atoms in total. The molecular formula is C13H20BrN5. The molecule has 1 atom stereocenters. The molecule has 4 rings (SSSR count). The zero-order valence-corrected chi connectivity index (χ0v) is 13.0. The molecule has 1 aromatic heterocycles.